The summed E-state index contributed by atoms with van der Waals surface area (Å²) >= 11 is 0. The molecule has 0 bridgehead atoms. The second kappa shape index (κ2) is 10.4. The van der Waals surface area contributed by atoms with E-state index in [0.717, 1.165) is 11.1 Å². The Bertz CT molecular complexity index is 1270. The Morgan fingerprint density at radius 3 is 2.44 bits per heavy atom. The average Bonchev–Trinajstić information content (AvgIpc) is 2.72. The van der Waals surface area contributed by atoms with Crippen molar-refractivity contribution in [2.45, 2.75) is 32.8 Å². The fourth-order valence-corrected chi connectivity index (χ4v) is 4.00. The largest absolute Gasteiger partial charge is 0.444 e. The first-order chi connectivity index (χ1) is 15.9. The summed E-state index contributed by atoms with van der Waals surface area (Å²) in [6, 6.07) is 13.8. The number of hydrogen-bond donors (Lipinski definition) is 2. The minimum atomic E-state index is -3.20. The second-order valence-electron chi connectivity index (χ2n) is 9.07. The van der Waals surface area contributed by atoms with Crippen LogP contribution in [-0.4, -0.2) is 50.2 Å². The van der Waals surface area contributed by atoms with E-state index in [1.807, 2.05) is 30.3 Å². The summed E-state index contributed by atoms with van der Waals surface area (Å²) in [7, 11) is -3.20. The number of sulfone groups is 1. The van der Waals surface area contributed by atoms with E-state index in [9.17, 15) is 17.6 Å². The van der Waals surface area contributed by atoms with Gasteiger partial charge in [0.1, 0.15) is 21.3 Å². The molecular formula is C25H30FN3O4S. The number of benzene rings is 2. The van der Waals surface area contributed by atoms with E-state index in [-0.39, 0.29) is 18.8 Å². The van der Waals surface area contributed by atoms with Crippen molar-refractivity contribution in [2.24, 2.45) is 0 Å². The Hall–Kier alpha value is -3.20. The highest BCUT2D eigenvalue weighted by Gasteiger charge is 2.19. The van der Waals surface area contributed by atoms with Crippen molar-refractivity contribution >= 4 is 32.5 Å². The lowest BCUT2D eigenvalue weighted by molar-refractivity contribution is 0.0528. The van der Waals surface area contributed by atoms with Gasteiger partial charge in [-0.05, 0) is 44.5 Å². The molecule has 3 aromatic rings. The van der Waals surface area contributed by atoms with Gasteiger partial charge in [0.25, 0.3) is 0 Å². The number of aromatic nitrogens is 1. The van der Waals surface area contributed by atoms with Crippen LogP contribution in [0, 0.1) is 5.82 Å². The summed E-state index contributed by atoms with van der Waals surface area (Å²) in [6.45, 7) is 5.80. The second-order valence-corrected chi connectivity index (χ2v) is 11.3. The first-order valence-electron chi connectivity index (χ1n) is 11.0. The molecule has 0 saturated carbocycles. The number of rotatable bonds is 8. The summed E-state index contributed by atoms with van der Waals surface area (Å²) in [4.78, 5) is 16.9. The number of ether oxygens (including phenoxy) is 1. The van der Waals surface area contributed by atoms with E-state index in [4.69, 9.17) is 9.72 Å². The topological polar surface area (TPSA) is 97.4 Å². The van der Waals surface area contributed by atoms with Gasteiger partial charge in [-0.2, -0.15) is 0 Å². The van der Waals surface area contributed by atoms with E-state index in [0.29, 0.717) is 28.7 Å². The summed E-state index contributed by atoms with van der Waals surface area (Å²) in [5.74, 6) is -0.491. The normalized spacial score (nSPS) is 11.9. The smallest absolute Gasteiger partial charge is 0.407 e. The van der Waals surface area contributed by atoms with Crippen LogP contribution in [0.15, 0.2) is 48.5 Å². The fourth-order valence-electron chi connectivity index (χ4n) is 3.53. The molecule has 0 unspecified atom stereocenters. The minimum Gasteiger partial charge on any atom is -0.444 e. The zero-order valence-electron chi connectivity index (χ0n) is 19.8. The Morgan fingerprint density at radius 1 is 1.09 bits per heavy atom. The first kappa shape index (κ1) is 25.4. The lowest BCUT2D eigenvalue weighted by Crippen LogP contribution is -2.33. The third kappa shape index (κ3) is 7.15. The molecule has 0 spiro atoms. The number of halogens is 1. The van der Waals surface area contributed by atoms with Crippen molar-refractivity contribution in [3.8, 4) is 11.1 Å². The van der Waals surface area contributed by atoms with Gasteiger partial charge >= 0.3 is 6.09 Å². The highest BCUT2D eigenvalue weighted by molar-refractivity contribution is 7.90. The van der Waals surface area contributed by atoms with Crippen LogP contribution in [0.25, 0.3) is 22.0 Å². The number of carbonyl (C=O) groups is 1. The fraction of sp³-hybridized carbons (Fsp3) is 0.360. The number of carbonyl (C=O) groups excluding carboxylic acids is 1. The van der Waals surface area contributed by atoms with Gasteiger partial charge in [0, 0.05) is 36.7 Å². The summed E-state index contributed by atoms with van der Waals surface area (Å²) in [6.07, 6.45) is 1.03. The van der Waals surface area contributed by atoms with Crippen molar-refractivity contribution in [2.75, 3.05) is 30.4 Å². The highest BCUT2D eigenvalue weighted by Crippen LogP contribution is 2.37. The number of hydrogen-bond acceptors (Lipinski definition) is 6. The number of alkyl carbamates (subject to hydrolysis) is 1. The maximum Gasteiger partial charge on any atom is 0.407 e. The number of nitrogens with zero attached hydrogens (tertiary/aromatic N) is 1. The predicted molar refractivity (Wildman–Crippen MR) is 133 cm³/mol. The first-order valence-corrected chi connectivity index (χ1v) is 13.0. The molecule has 2 aromatic carbocycles. The Kier molecular flexibility index (Phi) is 7.76. The number of anilines is 1. The third-order valence-corrected chi connectivity index (χ3v) is 5.83. The molecule has 0 atom stereocenters. The van der Waals surface area contributed by atoms with Gasteiger partial charge in [0.2, 0.25) is 0 Å². The number of fused-ring (bicyclic) bond motifs is 1. The molecule has 0 fully saturated rings. The quantitative estimate of drug-likeness (QED) is 0.483. The molecule has 0 aliphatic carbocycles. The van der Waals surface area contributed by atoms with Crippen molar-refractivity contribution < 1.29 is 22.3 Å². The molecule has 3 rings (SSSR count). The third-order valence-electron chi connectivity index (χ3n) is 4.89. The minimum absolute atomic E-state index is 0.0735. The molecule has 182 valence electrons. The number of pyridine rings is 1. The van der Waals surface area contributed by atoms with Crippen LogP contribution in [0.3, 0.4) is 0 Å². The maximum atomic E-state index is 14.2. The van der Waals surface area contributed by atoms with E-state index in [1.165, 1.54) is 18.4 Å². The van der Waals surface area contributed by atoms with E-state index in [1.54, 1.807) is 26.8 Å². The molecule has 34 heavy (non-hydrogen) atoms. The molecule has 1 heterocycles. The van der Waals surface area contributed by atoms with Gasteiger partial charge < -0.3 is 15.4 Å². The predicted octanol–water partition coefficient (Wildman–Crippen LogP) is 4.56. The lowest BCUT2D eigenvalue weighted by Gasteiger charge is -2.21. The SMILES string of the molecule is CC(C)(C)OC(=O)NCCc1nc2ccc(F)cc2c(NCCS(C)(=O)=O)c1-c1ccccc1. The molecule has 1 aromatic heterocycles. The number of nitrogens with one attached hydrogen (secondary N) is 2. The Morgan fingerprint density at radius 2 is 1.79 bits per heavy atom. The standard InChI is InChI=1S/C25H30FN3O4S/c1-25(2,3)33-24(30)28-13-12-21-22(17-8-6-5-7-9-17)23(27-14-15-34(4,31)32)19-16-18(26)10-11-20(19)29-21/h5-11,16H,12-15H2,1-4H3,(H,27,29)(H,28,30). The summed E-state index contributed by atoms with van der Waals surface area (Å²) in [5, 5.41) is 6.51. The zero-order valence-corrected chi connectivity index (χ0v) is 20.6. The number of amides is 1. The molecular weight excluding hydrogens is 457 g/mol. The molecule has 0 aliphatic heterocycles. The monoisotopic (exact) mass is 487 g/mol. The van der Waals surface area contributed by atoms with Crippen LogP contribution in [-0.2, 0) is 21.0 Å². The van der Waals surface area contributed by atoms with Crippen LogP contribution in [0.1, 0.15) is 26.5 Å². The molecule has 0 saturated heterocycles. The van der Waals surface area contributed by atoms with Gasteiger partial charge in [-0.1, -0.05) is 30.3 Å². The van der Waals surface area contributed by atoms with E-state index in [2.05, 4.69) is 10.6 Å². The molecule has 1 amide bonds. The molecule has 0 radical (unpaired) electrons. The van der Waals surface area contributed by atoms with E-state index >= 15 is 0 Å². The molecule has 2 N–H and O–H groups in total. The summed E-state index contributed by atoms with van der Waals surface area (Å²) < 4.78 is 42.9. The van der Waals surface area contributed by atoms with E-state index < -0.39 is 27.3 Å². The van der Waals surface area contributed by atoms with Crippen LogP contribution in [0.5, 0.6) is 0 Å². The highest BCUT2D eigenvalue weighted by atomic mass is 32.2. The Balaban J connectivity index is 2.04. The van der Waals surface area contributed by atoms with Crippen LogP contribution >= 0.6 is 0 Å². The molecule has 0 aliphatic rings. The summed E-state index contributed by atoms with van der Waals surface area (Å²) in [5.41, 5.74) is 2.82. The maximum absolute atomic E-state index is 14.2. The molecule has 7 nitrogen and oxygen atoms in total. The van der Waals surface area contributed by atoms with Crippen molar-refractivity contribution in [1.29, 1.82) is 0 Å². The van der Waals surface area contributed by atoms with Crippen LogP contribution in [0.4, 0.5) is 14.9 Å². The van der Waals surface area contributed by atoms with Gasteiger partial charge in [-0.3, -0.25) is 4.98 Å². The molecule has 9 heteroatoms. The zero-order chi connectivity index (χ0) is 24.9. The van der Waals surface area contributed by atoms with Crippen LogP contribution in [0.2, 0.25) is 0 Å². The van der Waals surface area contributed by atoms with Gasteiger partial charge in [0.05, 0.1) is 22.7 Å². The van der Waals surface area contributed by atoms with Gasteiger partial charge in [0.15, 0.2) is 0 Å². The van der Waals surface area contributed by atoms with Crippen molar-refractivity contribution in [1.82, 2.24) is 10.3 Å². The van der Waals surface area contributed by atoms with Gasteiger partial charge in [-0.25, -0.2) is 17.6 Å². The van der Waals surface area contributed by atoms with Gasteiger partial charge in [-0.15, -0.1) is 0 Å². The van der Waals surface area contributed by atoms with Crippen LogP contribution < -0.4 is 10.6 Å². The van der Waals surface area contributed by atoms with Crippen molar-refractivity contribution in [3.05, 3.63) is 60.0 Å². The lowest BCUT2D eigenvalue weighted by atomic mass is 9.97. The Labute approximate surface area is 199 Å². The van der Waals surface area contributed by atoms with Crippen molar-refractivity contribution in [3.63, 3.8) is 0 Å². The average molecular weight is 488 g/mol.